The van der Waals surface area contributed by atoms with Gasteiger partial charge in [-0.25, -0.2) is 0 Å². The Hall–Kier alpha value is -2.90. The minimum atomic E-state index is -1.36. The molecule has 4 aliphatic rings. The predicted octanol–water partition coefficient (Wildman–Crippen LogP) is 4.66. The quantitative estimate of drug-likeness (QED) is 0.110. The van der Waals surface area contributed by atoms with Gasteiger partial charge in [-0.1, -0.05) is 45.6 Å². The van der Waals surface area contributed by atoms with Gasteiger partial charge < -0.3 is 38.3 Å². The Bertz CT molecular complexity index is 1280. The SMILES string of the molecule is C=C(COC(C)=O)[C@@H](OC(C)=O)[C@@H](C)C[C@@H](C)C(=O)[C@@H](O)[C@H]1C[C@@H]2O[C@@]3(CC[C@]4(C=CC[C@@H](/C=C/CCCOC(C)=O)O4)O3)[C@@H](C)C[C@@H]2O1. The summed E-state index contributed by atoms with van der Waals surface area (Å²) >= 11 is 0. The molecule has 4 aliphatic heterocycles. The average molecular weight is 691 g/mol. The summed E-state index contributed by atoms with van der Waals surface area (Å²) < 4.78 is 41.5. The van der Waals surface area contributed by atoms with Gasteiger partial charge in [0.05, 0.1) is 31.0 Å². The van der Waals surface area contributed by atoms with Crippen molar-refractivity contribution in [3.05, 3.63) is 36.5 Å². The molecular weight excluding hydrogens is 636 g/mol. The average Bonchev–Trinajstić information content (AvgIpc) is 3.60. The van der Waals surface area contributed by atoms with Gasteiger partial charge in [0.2, 0.25) is 0 Å². The van der Waals surface area contributed by atoms with Crippen LogP contribution in [0, 0.1) is 17.8 Å². The van der Waals surface area contributed by atoms with Crippen LogP contribution in [0.15, 0.2) is 36.5 Å². The standard InChI is InChI=1S/C37H54O12/c1-22(18-23(2)35(45-28(7)40)24(3)21-44-27(6)39)33(41)34(42)32-20-31-30(46-32)19-25(4)37(48-31)16-15-36(49-37)14-11-13-29(47-36)12-9-8-10-17-43-26(5)38/h9,11-12,14,22-23,25,29-32,34-35,42H,3,8,10,13,15-21H2,1-2,4-7H3/b12-9+/t22-,23+,25+,29-,30+,31+,32-,34+,35+,36+,37-/m1/s1. The third kappa shape index (κ3) is 10.1. The first-order chi connectivity index (χ1) is 23.1. The molecule has 274 valence electrons. The van der Waals surface area contributed by atoms with E-state index in [-0.39, 0.29) is 48.5 Å². The molecule has 0 bridgehead atoms. The molecular formula is C37H54O12. The molecule has 4 rings (SSSR count). The lowest BCUT2D eigenvalue weighted by Crippen LogP contribution is -2.53. The Morgan fingerprint density at radius 2 is 1.76 bits per heavy atom. The Kier molecular flexibility index (Phi) is 13.4. The molecule has 0 aromatic rings. The number of allylic oxidation sites excluding steroid dienone is 1. The van der Waals surface area contributed by atoms with Crippen molar-refractivity contribution in [2.24, 2.45) is 17.8 Å². The van der Waals surface area contributed by atoms with Crippen LogP contribution in [0.2, 0.25) is 0 Å². The smallest absolute Gasteiger partial charge is 0.303 e. The molecule has 4 heterocycles. The fourth-order valence-electron chi connectivity index (χ4n) is 7.39. The van der Waals surface area contributed by atoms with E-state index in [4.69, 9.17) is 33.2 Å². The maximum Gasteiger partial charge on any atom is 0.303 e. The molecule has 0 saturated carbocycles. The van der Waals surface area contributed by atoms with Crippen LogP contribution in [0.3, 0.4) is 0 Å². The van der Waals surface area contributed by atoms with Crippen LogP contribution in [0.1, 0.15) is 92.9 Å². The second-order valence-electron chi connectivity index (χ2n) is 14.1. The second-order valence-corrected chi connectivity index (χ2v) is 14.1. The molecule has 0 unspecified atom stereocenters. The molecule has 0 aliphatic carbocycles. The first-order valence-electron chi connectivity index (χ1n) is 17.5. The van der Waals surface area contributed by atoms with Crippen molar-refractivity contribution in [3.63, 3.8) is 0 Å². The third-order valence-electron chi connectivity index (χ3n) is 9.87. The van der Waals surface area contributed by atoms with Crippen molar-refractivity contribution in [1.29, 1.82) is 0 Å². The number of ether oxygens (including phenoxy) is 7. The number of hydrogen-bond donors (Lipinski definition) is 1. The second kappa shape index (κ2) is 16.9. The first-order valence-corrected chi connectivity index (χ1v) is 17.5. The van der Waals surface area contributed by atoms with E-state index in [9.17, 15) is 24.3 Å². The summed E-state index contributed by atoms with van der Waals surface area (Å²) in [5, 5.41) is 11.2. The van der Waals surface area contributed by atoms with Gasteiger partial charge >= 0.3 is 17.9 Å². The normalized spacial score (nSPS) is 33.2. The van der Waals surface area contributed by atoms with E-state index in [0.29, 0.717) is 44.3 Å². The lowest BCUT2D eigenvalue weighted by atomic mass is 9.84. The van der Waals surface area contributed by atoms with Gasteiger partial charge in [-0.2, -0.15) is 0 Å². The molecule has 3 saturated heterocycles. The molecule has 0 amide bonds. The number of carbonyl (C=O) groups excluding carboxylic acids is 4. The number of ketones is 1. The summed E-state index contributed by atoms with van der Waals surface area (Å²) in [6.45, 7) is 13.8. The molecule has 1 N–H and O–H groups in total. The Labute approximate surface area is 289 Å². The zero-order valence-electron chi connectivity index (χ0n) is 29.7. The lowest BCUT2D eigenvalue weighted by molar-refractivity contribution is -0.355. The summed E-state index contributed by atoms with van der Waals surface area (Å²) in [5.41, 5.74) is 0.409. The largest absolute Gasteiger partial charge is 0.466 e. The molecule has 0 aromatic heterocycles. The fourth-order valence-corrected chi connectivity index (χ4v) is 7.39. The van der Waals surface area contributed by atoms with Gasteiger partial charge in [0.25, 0.3) is 0 Å². The maximum absolute atomic E-state index is 13.5. The Morgan fingerprint density at radius 1 is 1.02 bits per heavy atom. The van der Waals surface area contributed by atoms with Gasteiger partial charge in [-0.3, -0.25) is 19.2 Å². The number of esters is 3. The van der Waals surface area contributed by atoms with Gasteiger partial charge in [0.15, 0.2) is 17.4 Å². The topological polar surface area (TPSA) is 153 Å². The van der Waals surface area contributed by atoms with Crippen molar-refractivity contribution >= 4 is 23.7 Å². The van der Waals surface area contributed by atoms with Gasteiger partial charge in [-0.05, 0) is 44.1 Å². The van der Waals surface area contributed by atoms with Crippen molar-refractivity contribution in [1.82, 2.24) is 0 Å². The third-order valence-corrected chi connectivity index (χ3v) is 9.87. The molecule has 3 fully saturated rings. The zero-order valence-corrected chi connectivity index (χ0v) is 29.7. The highest BCUT2D eigenvalue weighted by Crippen LogP contribution is 2.52. The Balaban J connectivity index is 1.31. The van der Waals surface area contributed by atoms with Crippen LogP contribution in [0.4, 0.5) is 0 Å². The molecule has 0 aromatic carbocycles. The van der Waals surface area contributed by atoms with Crippen LogP contribution in [0.25, 0.3) is 0 Å². The molecule has 49 heavy (non-hydrogen) atoms. The molecule has 0 radical (unpaired) electrons. The van der Waals surface area contributed by atoms with Gasteiger partial charge in [0.1, 0.15) is 18.8 Å². The lowest BCUT2D eigenvalue weighted by Gasteiger charge is -2.45. The van der Waals surface area contributed by atoms with E-state index >= 15 is 0 Å². The highest BCUT2D eigenvalue weighted by atomic mass is 16.8. The molecule has 12 nitrogen and oxygen atoms in total. The van der Waals surface area contributed by atoms with Crippen LogP contribution in [-0.2, 0) is 52.3 Å². The minimum Gasteiger partial charge on any atom is -0.466 e. The minimum absolute atomic E-state index is 0.0213. The van der Waals surface area contributed by atoms with E-state index < -0.39 is 47.7 Å². The highest BCUT2D eigenvalue weighted by Gasteiger charge is 2.60. The number of fused-ring (bicyclic) bond motifs is 1. The summed E-state index contributed by atoms with van der Waals surface area (Å²) in [6, 6.07) is 0. The van der Waals surface area contributed by atoms with Gasteiger partial charge in [0, 0.05) is 57.4 Å². The van der Waals surface area contributed by atoms with E-state index in [1.807, 2.05) is 25.2 Å². The van der Waals surface area contributed by atoms with Crippen molar-refractivity contribution in [2.75, 3.05) is 13.2 Å². The van der Waals surface area contributed by atoms with Crippen LogP contribution >= 0.6 is 0 Å². The van der Waals surface area contributed by atoms with Crippen molar-refractivity contribution < 1.29 is 57.4 Å². The Morgan fingerprint density at radius 3 is 2.45 bits per heavy atom. The summed E-state index contributed by atoms with van der Waals surface area (Å²) in [5.74, 6) is -4.36. The number of aliphatic hydroxyl groups is 1. The summed E-state index contributed by atoms with van der Waals surface area (Å²) in [6.07, 6.45) is 9.27. The van der Waals surface area contributed by atoms with Crippen LogP contribution in [-0.4, -0.2) is 90.2 Å². The number of hydrogen-bond acceptors (Lipinski definition) is 12. The predicted molar refractivity (Wildman–Crippen MR) is 177 cm³/mol. The zero-order chi connectivity index (χ0) is 35.9. The van der Waals surface area contributed by atoms with E-state index in [0.717, 1.165) is 19.3 Å². The maximum atomic E-state index is 13.5. The molecule has 11 atom stereocenters. The van der Waals surface area contributed by atoms with Crippen LogP contribution < -0.4 is 0 Å². The highest BCUT2D eigenvalue weighted by molar-refractivity contribution is 5.85. The number of aliphatic hydroxyl groups excluding tert-OH is 1. The monoisotopic (exact) mass is 690 g/mol. The van der Waals surface area contributed by atoms with Crippen molar-refractivity contribution in [3.8, 4) is 0 Å². The van der Waals surface area contributed by atoms with E-state index in [1.165, 1.54) is 20.8 Å². The fraction of sp³-hybridized carbons (Fsp3) is 0.730. The summed E-state index contributed by atoms with van der Waals surface area (Å²) in [4.78, 5) is 47.5. The number of unbranched alkanes of at least 4 members (excludes halogenated alkanes) is 1. The molecule has 2 spiro atoms. The number of Topliss-reactive ketones (excluding diaryl/α,β-unsaturated/α-hetero) is 1. The number of carbonyl (C=O) groups is 4. The number of rotatable bonds is 15. The van der Waals surface area contributed by atoms with E-state index in [1.54, 1.807) is 6.92 Å². The molecule has 12 heteroatoms. The van der Waals surface area contributed by atoms with Gasteiger partial charge in [-0.15, -0.1) is 0 Å². The van der Waals surface area contributed by atoms with Crippen molar-refractivity contribution in [2.45, 2.75) is 141 Å². The van der Waals surface area contributed by atoms with Crippen LogP contribution in [0.5, 0.6) is 0 Å². The summed E-state index contributed by atoms with van der Waals surface area (Å²) in [7, 11) is 0. The van der Waals surface area contributed by atoms with E-state index in [2.05, 4.69) is 19.6 Å². The first kappa shape index (κ1) is 38.9.